The van der Waals surface area contributed by atoms with Gasteiger partial charge in [-0.15, -0.1) is 0 Å². The van der Waals surface area contributed by atoms with Gasteiger partial charge >= 0.3 is 0 Å². The molecule has 0 spiro atoms. The first kappa shape index (κ1) is 21.6. The molecule has 2 aromatic carbocycles. The fourth-order valence-corrected chi connectivity index (χ4v) is 3.22. The summed E-state index contributed by atoms with van der Waals surface area (Å²) in [5.41, 5.74) is 1.53. The van der Waals surface area contributed by atoms with Gasteiger partial charge in [0, 0.05) is 11.1 Å². The van der Waals surface area contributed by atoms with Crippen LogP contribution in [0.2, 0.25) is 0 Å². The van der Waals surface area contributed by atoms with E-state index in [2.05, 4.69) is 0 Å². The van der Waals surface area contributed by atoms with Crippen LogP contribution in [0, 0.1) is 0 Å². The highest BCUT2D eigenvalue weighted by molar-refractivity contribution is 6.48. The molecule has 3 rings (SSSR count). The molecule has 0 aliphatic heterocycles. The van der Waals surface area contributed by atoms with Crippen LogP contribution in [0.1, 0.15) is 52.7 Å². The van der Waals surface area contributed by atoms with Gasteiger partial charge in [0.05, 0.1) is 0 Å². The first-order valence-electron chi connectivity index (χ1n) is 10.0. The van der Waals surface area contributed by atoms with Crippen molar-refractivity contribution in [1.29, 1.82) is 0 Å². The van der Waals surface area contributed by atoms with Crippen LogP contribution in [-0.4, -0.2) is 22.8 Å². The molecule has 0 unspecified atom stereocenters. The molecule has 1 aliphatic rings. The highest BCUT2D eigenvalue weighted by atomic mass is 16.5. The minimum atomic E-state index is -0.317. The predicted octanol–water partition coefficient (Wildman–Crippen LogP) is 5.66. The van der Waals surface area contributed by atoms with Gasteiger partial charge in [-0.3, -0.25) is 9.59 Å². The fourth-order valence-electron chi connectivity index (χ4n) is 3.22. The molecule has 0 aromatic heterocycles. The Hall–Kier alpha value is -3.14. The van der Waals surface area contributed by atoms with E-state index in [1.807, 2.05) is 90.1 Å². The second-order valence-corrected chi connectivity index (χ2v) is 9.29. The maximum absolute atomic E-state index is 12.7. The molecule has 0 saturated heterocycles. The molecule has 0 saturated carbocycles. The molecule has 4 heteroatoms. The van der Waals surface area contributed by atoms with E-state index in [1.165, 1.54) is 12.2 Å². The molecule has 0 heterocycles. The van der Waals surface area contributed by atoms with Crippen LogP contribution in [0.5, 0.6) is 11.5 Å². The van der Waals surface area contributed by atoms with E-state index < -0.39 is 0 Å². The third kappa shape index (κ3) is 5.26. The van der Waals surface area contributed by atoms with Gasteiger partial charge in [-0.25, -0.2) is 0 Å². The Labute approximate surface area is 178 Å². The third-order valence-electron chi connectivity index (χ3n) is 4.26. The van der Waals surface area contributed by atoms with E-state index in [9.17, 15) is 9.59 Å². The summed E-state index contributed by atoms with van der Waals surface area (Å²) in [6.07, 6.45) is 2.66. The summed E-state index contributed by atoms with van der Waals surface area (Å²) in [5.74, 6) is 1.04. The molecule has 0 N–H and O–H groups in total. The molecular formula is C26H28O4. The third-order valence-corrected chi connectivity index (χ3v) is 4.26. The van der Waals surface area contributed by atoms with Crippen molar-refractivity contribution >= 4 is 22.7 Å². The molecule has 156 valence electrons. The Morgan fingerprint density at radius 3 is 1.10 bits per heavy atom. The lowest BCUT2D eigenvalue weighted by Crippen LogP contribution is -2.23. The number of ether oxygens (including phenoxy) is 2. The number of carbonyl (C=O) groups is 2. The average molecular weight is 405 g/mol. The van der Waals surface area contributed by atoms with Gasteiger partial charge in [0.2, 0.25) is 0 Å². The number of allylic oxidation sites excluding steroid dienone is 4. The summed E-state index contributed by atoms with van der Waals surface area (Å²) in [7, 11) is 0. The summed E-state index contributed by atoms with van der Waals surface area (Å²) in [6.45, 7) is 11.8. The Balaban J connectivity index is 2.01. The lowest BCUT2D eigenvalue weighted by molar-refractivity contribution is -0.112. The first-order chi connectivity index (χ1) is 13.9. The van der Waals surface area contributed by atoms with E-state index >= 15 is 0 Å². The van der Waals surface area contributed by atoms with Gasteiger partial charge in [-0.1, -0.05) is 24.3 Å². The monoisotopic (exact) mass is 404 g/mol. The van der Waals surface area contributed by atoms with Gasteiger partial charge in [-0.05, 0) is 89.1 Å². The summed E-state index contributed by atoms with van der Waals surface area (Å²) < 4.78 is 11.7. The second kappa shape index (κ2) is 7.94. The van der Waals surface area contributed by atoms with E-state index in [-0.39, 0.29) is 22.8 Å². The zero-order valence-electron chi connectivity index (χ0n) is 18.4. The molecule has 0 amide bonds. The predicted molar refractivity (Wildman–Crippen MR) is 120 cm³/mol. The van der Waals surface area contributed by atoms with Crippen LogP contribution in [0.4, 0.5) is 0 Å². The van der Waals surface area contributed by atoms with Crippen molar-refractivity contribution in [3.05, 3.63) is 71.8 Å². The van der Waals surface area contributed by atoms with Gasteiger partial charge in [0.25, 0.3) is 0 Å². The minimum Gasteiger partial charge on any atom is -0.488 e. The van der Waals surface area contributed by atoms with E-state index in [0.717, 1.165) is 0 Å². The number of ketones is 2. The number of hydrogen-bond acceptors (Lipinski definition) is 4. The molecule has 30 heavy (non-hydrogen) atoms. The van der Waals surface area contributed by atoms with Crippen molar-refractivity contribution in [2.24, 2.45) is 0 Å². The van der Waals surface area contributed by atoms with Crippen LogP contribution in [0.15, 0.2) is 60.7 Å². The van der Waals surface area contributed by atoms with Crippen LogP contribution in [0.25, 0.3) is 11.1 Å². The zero-order chi connectivity index (χ0) is 22.1. The quantitative estimate of drug-likeness (QED) is 0.617. The van der Waals surface area contributed by atoms with E-state index in [0.29, 0.717) is 33.8 Å². The second-order valence-electron chi connectivity index (χ2n) is 9.29. The molecule has 4 nitrogen and oxygen atoms in total. The van der Waals surface area contributed by atoms with Crippen molar-refractivity contribution < 1.29 is 19.1 Å². The van der Waals surface area contributed by atoms with Crippen LogP contribution >= 0.6 is 0 Å². The largest absolute Gasteiger partial charge is 0.488 e. The summed E-state index contributed by atoms with van der Waals surface area (Å²) >= 11 is 0. The van der Waals surface area contributed by atoms with E-state index in [4.69, 9.17) is 9.47 Å². The number of carbonyl (C=O) groups excluding carboxylic acids is 2. The molecule has 2 aromatic rings. The highest BCUT2D eigenvalue weighted by Gasteiger charge is 2.25. The maximum Gasteiger partial charge on any atom is 0.187 e. The van der Waals surface area contributed by atoms with Crippen LogP contribution in [-0.2, 0) is 9.59 Å². The summed E-state index contributed by atoms with van der Waals surface area (Å²) in [6, 6.07) is 14.6. The highest BCUT2D eigenvalue weighted by Crippen LogP contribution is 2.33. The SMILES string of the molecule is CC(C)(C)Oc1ccc(C2=C(c3ccc(OC(C)(C)C)cc3)C(=O)C=CC2=O)cc1. The Kier molecular flexibility index (Phi) is 5.71. The zero-order valence-corrected chi connectivity index (χ0v) is 18.4. The van der Waals surface area contributed by atoms with Crippen LogP contribution in [0.3, 0.4) is 0 Å². The number of benzene rings is 2. The number of hydrogen-bond donors (Lipinski definition) is 0. The summed E-state index contributed by atoms with van der Waals surface area (Å²) in [4.78, 5) is 25.5. The standard InChI is InChI=1S/C26H28O4/c1-25(2,3)29-19-11-7-17(8-12-19)23-21(27)15-16-22(28)24(23)18-9-13-20(14-10-18)30-26(4,5)6/h7-16H,1-6H3. The first-order valence-corrected chi connectivity index (χ1v) is 10.0. The summed E-state index contributed by atoms with van der Waals surface area (Å²) in [5, 5.41) is 0. The molecule has 0 atom stereocenters. The normalized spacial score (nSPS) is 14.9. The maximum atomic E-state index is 12.7. The smallest absolute Gasteiger partial charge is 0.187 e. The molecule has 0 fully saturated rings. The Bertz CT molecular complexity index is 925. The number of rotatable bonds is 4. The van der Waals surface area contributed by atoms with Crippen LogP contribution < -0.4 is 9.47 Å². The Morgan fingerprint density at radius 1 is 0.533 bits per heavy atom. The lowest BCUT2D eigenvalue weighted by atomic mass is 9.86. The van der Waals surface area contributed by atoms with Gasteiger partial charge < -0.3 is 9.47 Å². The molecule has 0 bridgehead atoms. The van der Waals surface area contributed by atoms with Crippen molar-refractivity contribution in [3.63, 3.8) is 0 Å². The van der Waals surface area contributed by atoms with Crippen molar-refractivity contribution in [2.45, 2.75) is 52.7 Å². The minimum absolute atomic E-state index is 0.191. The van der Waals surface area contributed by atoms with Gasteiger partial charge in [-0.2, -0.15) is 0 Å². The fraction of sp³-hybridized carbons (Fsp3) is 0.308. The molecule has 0 radical (unpaired) electrons. The molecule has 1 aliphatic carbocycles. The Morgan fingerprint density at radius 2 is 0.833 bits per heavy atom. The van der Waals surface area contributed by atoms with Gasteiger partial charge in [0.15, 0.2) is 11.6 Å². The average Bonchev–Trinajstić information content (AvgIpc) is 2.62. The van der Waals surface area contributed by atoms with Crippen molar-refractivity contribution in [3.8, 4) is 11.5 Å². The lowest BCUT2D eigenvalue weighted by Gasteiger charge is -2.22. The topological polar surface area (TPSA) is 52.6 Å². The van der Waals surface area contributed by atoms with Crippen molar-refractivity contribution in [1.82, 2.24) is 0 Å². The van der Waals surface area contributed by atoms with E-state index in [1.54, 1.807) is 0 Å². The molecular weight excluding hydrogens is 376 g/mol. The van der Waals surface area contributed by atoms with Gasteiger partial charge in [0.1, 0.15) is 22.7 Å². The van der Waals surface area contributed by atoms with Crippen molar-refractivity contribution in [2.75, 3.05) is 0 Å².